The van der Waals surface area contributed by atoms with E-state index in [1.807, 2.05) is 25.1 Å². The van der Waals surface area contributed by atoms with Crippen LogP contribution in [0, 0.1) is 6.92 Å². The number of nitrogens with zero attached hydrogens (tertiary/aromatic N) is 1. The highest BCUT2D eigenvalue weighted by molar-refractivity contribution is 7.89. The summed E-state index contributed by atoms with van der Waals surface area (Å²) < 4.78 is 28.1. The number of rotatable bonds is 7. The van der Waals surface area contributed by atoms with E-state index in [4.69, 9.17) is 11.6 Å². The van der Waals surface area contributed by atoms with E-state index in [1.54, 1.807) is 48.5 Å². The van der Waals surface area contributed by atoms with Gasteiger partial charge in [0.15, 0.2) is 0 Å². The number of hydrogen-bond acceptors (Lipinski definition) is 3. The average molecular weight is 483 g/mol. The number of amides is 1. The Hall–Kier alpha value is -2.67. The summed E-state index contributed by atoms with van der Waals surface area (Å²) in [5, 5.41) is 3.64. The number of benzene rings is 3. The van der Waals surface area contributed by atoms with Crippen LogP contribution in [0.5, 0.6) is 0 Å². The van der Waals surface area contributed by atoms with Gasteiger partial charge in [0.25, 0.3) is 0 Å². The van der Waals surface area contributed by atoms with Gasteiger partial charge in [-0.1, -0.05) is 65.7 Å². The third-order valence-electron chi connectivity index (χ3n) is 5.96. The van der Waals surface area contributed by atoms with E-state index in [1.165, 1.54) is 9.87 Å². The van der Waals surface area contributed by atoms with Gasteiger partial charge in [-0.05, 0) is 67.1 Å². The number of fused-ring (bicyclic) bond motifs is 1. The van der Waals surface area contributed by atoms with Crippen molar-refractivity contribution in [3.8, 4) is 0 Å². The third kappa shape index (κ3) is 5.64. The minimum Gasteiger partial charge on any atom is -0.348 e. The first kappa shape index (κ1) is 23.5. The fourth-order valence-corrected chi connectivity index (χ4v) is 5.69. The van der Waals surface area contributed by atoms with Crippen molar-refractivity contribution in [2.24, 2.45) is 0 Å². The van der Waals surface area contributed by atoms with Crippen LogP contribution in [0.25, 0.3) is 0 Å². The van der Waals surface area contributed by atoms with Crippen LogP contribution in [-0.4, -0.2) is 25.2 Å². The molecule has 3 aromatic rings. The SMILES string of the molecule is Cc1ccc(S(=O)(=O)N(CC(=O)N[C@H]2CCCc3ccccc32)Cc2ccc(Cl)cc2)cc1. The van der Waals surface area contributed by atoms with Crippen molar-refractivity contribution >= 4 is 27.5 Å². The van der Waals surface area contributed by atoms with Gasteiger partial charge in [0, 0.05) is 11.6 Å². The minimum atomic E-state index is -3.88. The quantitative estimate of drug-likeness (QED) is 0.513. The number of carbonyl (C=O) groups excluding carboxylic acids is 1. The Balaban J connectivity index is 1.57. The lowest BCUT2D eigenvalue weighted by molar-refractivity contribution is -0.122. The number of carbonyl (C=O) groups is 1. The number of aryl methyl sites for hydroxylation is 2. The van der Waals surface area contributed by atoms with Gasteiger partial charge in [0.2, 0.25) is 15.9 Å². The summed E-state index contributed by atoms with van der Waals surface area (Å²) in [5.74, 6) is -0.318. The van der Waals surface area contributed by atoms with Crippen molar-refractivity contribution in [2.45, 2.75) is 43.7 Å². The molecule has 0 radical (unpaired) electrons. The molecule has 0 fully saturated rings. The molecule has 0 heterocycles. The van der Waals surface area contributed by atoms with Gasteiger partial charge < -0.3 is 5.32 Å². The van der Waals surface area contributed by atoms with Crippen LogP contribution >= 0.6 is 11.6 Å². The highest BCUT2D eigenvalue weighted by atomic mass is 35.5. The van der Waals surface area contributed by atoms with Crippen molar-refractivity contribution in [1.29, 1.82) is 0 Å². The van der Waals surface area contributed by atoms with Crippen molar-refractivity contribution in [2.75, 3.05) is 6.54 Å². The third-order valence-corrected chi connectivity index (χ3v) is 8.01. The molecule has 0 spiro atoms. The van der Waals surface area contributed by atoms with Gasteiger partial charge in [-0.3, -0.25) is 4.79 Å². The Kier molecular flexibility index (Phi) is 7.17. The Morgan fingerprint density at radius 2 is 1.73 bits per heavy atom. The minimum absolute atomic E-state index is 0.0715. The standard InChI is InChI=1S/C26H27ClN2O3S/c1-19-9-15-23(16-10-19)33(31,32)29(17-20-11-13-22(27)14-12-20)18-26(30)28-25-8-4-6-21-5-2-3-7-24(21)25/h2-3,5,7,9-16,25H,4,6,8,17-18H2,1H3,(H,28,30)/t25-/m0/s1. The summed E-state index contributed by atoms with van der Waals surface area (Å²) in [4.78, 5) is 13.2. The zero-order valence-electron chi connectivity index (χ0n) is 18.5. The molecular weight excluding hydrogens is 456 g/mol. The lowest BCUT2D eigenvalue weighted by Crippen LogP contribution is -2.42. The molecule has 1 aliphatic rings. The van der Waals surface area contributed by atoms with Crippen LogP contribution in [0.2, 0.25) is 5.02 Å². The molecule has 4 rings (SSSR count). The van der Waals surface area contributed by atoms with Crippen LogP contribution in [0.1, 0.15) is 41.1 Å². The first-order valence-electron chi connectivity index (χ1n) is 11.0. The first-order valence-corrected chi connectivity index (χ1v) is 12.8. The largest absolute Gasteiger partial charge is 0.348 e. The lowest BCUT2D eigenvalue weighted by Gasteiger charge is -2.28. The molecule has 3 aromatic carbocycles. The molecule has 0 aliphatic heterocycles. The van der Waals surface area contributed by atoms with Crippen molar-refractivity contribution in [3.05, 3.63) is 100 Å². The van der Waals surface area contributed by atoms with Crippen LogP contribution in [0.3, 0.4) is 0 Å². The summed E-state index contributed by atoms with van der Waals surface area (Å²) in [7, 11) is -3.88. The van der Waals surface area contributed by atoms with E-state index in [9.17, 15) is 13.2 Å². The molecule has 5 nitrogen and oxygen atoms in total. The fourth-order valence-electron chi connectivity index (χ4n) is 4.18. The molecule has 33 heavy (non-hydrogen) atoms. The highest BCUT2D eigenvalue weighted by Gasteiger charge is 2.29. The van der Waals surface area contributed by atoms with E-state index in [0.717, 1.165) is 36.0 Å². The number of nitrogens with one attached hydrogen (secondary N) is 1. The van der Waals surface area contributed by atoms with E-state index in [0.29, 0.717) is 5.02 Å². The highest BCUT2D eigenvalue weighted by Crippen LogP contribution is 2.29. The maximum Gasteiger partial charge on any atom is 0.243 e. The molecule has 172 valence electrons. The second-order valence-electron chi connectivity index (χ2n) is 8.42. The number of hydrogen-bond donors (Lipinski definition) is 1. The van der Waals surface area contributed by atoms with Gasteiger partial charge in [0.1, 0.15) is 0 Å². The van der Waals surface area contributed by atoms with Crippen LogP contribution in [0.15, 0.2) is 77.7 Å². The topological polar surface area (TPSA) is 66.5 Å². The summed E-state index contributed by atoms with van der Waals surface area (Å²) >= 11 is 5.99. The summed E-state index contributed by atoms with van der Waals surface area (Å²) in [6.45, 7) is 1.71. The maximum absolute atomic E-state index is 13.5. The van der Waals surface area contributed by atoms with Crippen LogP contribution in [0.4, 0.5) is 0 Å². The molecule has 1 amide bonds. The zero-order valence-corrected chi connectivity index (χ0v) is 20.1. The Bertz CT molecular complexity index is 1230. The number of sulfonamides is 1. The van der Waals surface area contributed by atoms with E-state index >= 15 is 0 Å². The van der Waals surface area contributed by atoms with Crippen molar-refractivity contribution < 1.29 is 13.2 Å². The molecular formula is C26H27ClN2O3S. The molecule has 0 unspecified atom stereocenters. The smallest absolute Gasteiger partial charge is 0.243 e. The molecule has 1 N–H and O–H groups in total. The fraction of sp³-hybridized carbons (Fsp3) is 0.269. The van der Waals surface area contributed by atoms with Crippen molar-refractivity contribution in [1.82, 2.24) is 9.62 Å². The van der Waals surface area contributed by atoms with E-state index in [-0.39, 0.29) is 29.9 Å². The van der Waals surface area contributed by atoms with Gasteiger partial charge in [-0.25, -0.2) is 8.42 Å². The maximum atomic E-state index is 13.5. The monoisotopic (exact) mass is 482 g/mol. The predicted molar refractivity (Wildman–Crippen MR) is 130 cm³/mol. The Labute approximate surface area is 200 Å². The molecule has 0 saturated carbocycles. The molecule has 7 heteroatoms. The lowest BCUT2D eigenvalue weighted by atomic mass is 9.88. The summed E-state index contributed by atoms with van der Waals surface area (Å²) in [5.41, 5.74) is 4.07. The van der Waals surface area contributed by atoms with Gasteiger partial charge in [-0.2, -0.15) is 4.31 Å². The van der Waals surface area contributed by atoms with Gasteiger partial charge in [-0.15, -0.1) is 0 Å². The second kappa shape index (κ2) is 10.1. The second-order valence-corrected chi connectivity index (χ2v) is 10.8. The molecule has 1 atom stereocenters. The zero-order chi connectivity index (χ0) is 23.4. The van der Waals surface area contributed by atoms with E-state index in [2.05, 4.69) is 11.4 Å². The predicted octanol–water partition coefficient (Wildman–Crippen LogP) is 5.03. The van der Waals surface area contributed by atoms with Crippen LogP contribution < -0.4 is 5.32 Å². The van der Waals surface area contributed by atoms with Crippen molar-refractivity contribution in [3.63, 3.8) is 0 Å². The normalized spacial score (nSPS) is 15.8. The van der Waals surface area contributed by atoms with Gasteiger partial charge in [0.05, 0.1) is 17.5 Å². The Morgan fingerprint density at radius 1 is 1.03 bits per heavy atom. The molecule has 0 saturated heterocycles. The van der Waals surface area contributed by atoms with Gasteiger partial charge >= 0.3 is 0 Å². The summed E-state index contributed by atoms with van der Waals surface area (Å²) in [6, 6.07) is 21.6. The van der Waals surface area contributed by atoms with Crippen LogP contribution in [-0.2, 0) is 27.8 Å². The van der Waals surface area contributed by atoms with E-state index < -0.39 is 10.0 Å². The first-order chi connectivity index (χ1) is 15.8. The average Bonchev–Trinajstić information content (AvgIpc) is 2.80. The number of halogens is 1. The summed E-state index contributed by atoms with van der Waals surface area (Å²) in [6.07, 6.45) is 2.82. The molecule has 0 bridgehead atoms. The Morgan fingerprint density at radius 3 is 2.45 bits per heavy atom. The molecule has 0 aromatic heterocycles. The molecule has 1 aliphatic carbocycles.